The van der Waals surface area contributed by atoms with E-state index in [1.807, 2.05) is 0 Å². The second kappa shape index (κ2) is 3.93. The zero-order valence-electron chi connectivity index (χ0n) is 9.85. The lowest BCUT2D eigenvalue weighted by Gasteiger charge is -2.28. The minimum atomic E-state index is -0.735. The highest BCUT2D eigenvalue weighted by atomic mass is 19.1. The molecule has 1 aliphatic heterocycles. The van der Waals surface area contributed by atoms with Crippen LogP contribution in [0.25, 0.3) is 0 Å². The molecule has 2 aliphatic rings. The largest absolute Gasteiger partial charge is 0.377 e. The maximum absolute atomic E-state index is 13.7. The van der Waals surface area contributed by atoms with E-state index >= 15 is 0 Å². The van der Waals surface area contributed by atoms with Crippen LogP contribution < -0.4 is 10.6 Å². The summed E-state index contributed by atoms with van der Waals surface area (Å²) in [6, 6.07) is 2.03. The van der Waals surface area contributed by atoms with Crippen molar-refractivity contribution < 1.29 is 13.6 Å². The van der Waals surface area contributed by atoms with Crippen molar-refractivity contribution in [1.29, 1.82) is 0 Å². The number of fused-ring (bicyclic) bond motifs is 1. The molecule has 0 saturated heterocycles. The Morgan fingerprint density at radius 2 is 1.89 bits per heavy atom. The minimum absolute atomic E-state index is 0.0603. The molecule has 0 atom stereocenters. The smallest absolute Gasteiger partial charge is 0.226 e. The standard InChI is InChI=1S/C13H14F2N2O/c14-8-5-9(15)12-10(6-8)17-13(3-1-2-4-13)7-11(18)16-12/h5-6,17H,1-4,7H2,(H,16,18). The second-order valence-electron chi connectivity index (χ2n) is 5.15. The number of halogens is 2. The molecule has 0 unspecified atom stereocenters. The van der Waals surface area contributed by atoms with E-state index in [0.29, 0.717) is 12.1 Å². The molecule has 2 N–H and O–H groups in total. The summed E-state index contributed by atoms with van der Waals surface area (Å²) >= 11 is 0. The topological polar surface area (TPSA) is 41.1 Å². The Morgan fingerprint density at radius 3 is 2.61 bits per heavy atom. The van der Waals surface area contributed by atoms with Crippen molar-refractivity contribution in [2.24, 2.45) is 0 Å². The summed E-state index contributed by atoms with van der Waals surface area (Å²) in [7, 11) is 0. The summed E-state index contributed by atoms with van der Waals surface area (Å²) < 4.78 is 26.9. The highest BCUT2D eigenvalue weighted by molar-refractivity contribution is 5.97. The molecule has 3 rings (SSSR count). The van der Waals surface area contributed by atoms with E-state index in [-0.39, 0.29) is 17.1 Å². The molecule has 1 heterocycles. The molecule has 0 bridgehead atoms. The molecule has 18 heavy (non-hydrogen) atoms. The highest BCUT2D eigenvalue weighted by Gasteiger charge is 2.39. The molecular formula is C13H14F2N2O. The van der Waals surface area contributed by atoms with Crippen LogP contribution in [0.5, 0.6) is 0 Å². The first kappa shape index (κ1) is 11.4. The quantitative estimate of drug-likeness (QED) is 0.745. The Bertz CT molecular complexity index is 510. The van der Waals surface area contributed by atoms with Gasteiger partial charge in [0.25, 0.3) is 0 Å². The lowest BCUT2D eigenvalue weighted by Crippen LogP contribution is -2.36. The second-order valence-corrected chi connectivity index (χ2v) is 5.15. The third-order valence-electron chi connectivity index (χ3n) is 3.78. The number of carbonyl (C=O) groups excluding carboxylic acids is 1. The summed E-state index contributed by atoms with van der Waals surface area (Å²) in [5.74, 6) is -1.59. The molecule has 96 valence electrons. The first-order valence-corrected chi connectivity index (χ1v) is 6.15. The fourth-order valence-electron chi connectivity index (χ4n) is 2.97. The third kappa shape index (κ3) is 1.83. The monoisotopic (exact) mass is 252 g/mol. The van der Waals surface area contributed by atoms with Gasteiger partial charge in [-0.1, -0.05) is 12.8 Å². The van der Waals surface area contributed by atoms with Crippen LogP contribution in [0.15, 0.2) is 12.1 Å². The van der Waals surface area contributed by atoms with Gasteiger partial charge in [-0.05, 0) is 18.9 Å². The number of hydrogen-bond donors (Lipinski definition) is 2. The number of rotatable bonds is 0. The van der Waals surface area contributed by atoms with E-state index in [4.69, 9.17) is 0 Å². The Balaban J connectivity index is 2.07. The number of carbonyl (C=O) groups is 1. The number of amides is 1. The van der Waals surface area contributed by atoms with Gasteiger partial charge in [0.1, 0.15) is 11.5 Å². The van der Waals surface area contributed by atoms with Gasteiger partial charge in [-0.15, -0.1) is 0 Å². The van der Waals surface area contributed by atoms with Crippen LogP contribution in [-0.4, -0.2) is 11.4 Å². The van der Waals surface area contributed by atoms with Crippen LogP contribution in [0.2, 0.25) is 0 Å². The lowest BCUT2D eigenvalue weighted by molar-refractivity contribution is -0.117. The predicted molar refractivity (Wildman–Crippen MR) is 64.4 cm³/mol. The molecule has 1 spiro atoms. The van der Waals surface area contributed by atoms with Crippen molar-refractivity contribution >= 4 is 17.3 Å². The predicted octanol–water partition coefficient (Wildman–Crippen LogP) is 3.03. The van der Waals surface area contributed by atoms with Gasteiger partial charge in [-0.3, -0.25) is 4.79 Å². The Kier molecular flexibility index (Phi) is 2.50. The van der Waals surface area contributed by atoms with E-state index in [0.717, 1.165) is 31.7 Å². The van der Waals surface area contributed by atoms with E-state index in [9.17, 15) is 13.6 Å². The number of benzene rings is 1. The summed E-state index contributed by atoms with van der Waals surface area (Å²) in [4.78, 5) is 11.8. The molecule has 1 fully saturated rings. The first-order valence-electron chi connectivity index (χ1n) is 6.15. The lowest BCUT2D eigenvalue weighted by atomic mass is 9.93. The fourth-order valence-corrected chi connectivity index (χ4v) is 2.97. The number of hydrogen-bond acceptors (Lipinski definition) is 2. The zero-order chi connectivity index (χ0) is 12.8. The van der Waals surface area contributed by atoms with Crippen LogP contribution in [-0.2, 0) is 4.79 Å². The molecule has 3 nitrogen and oxygen atoms in total. The van der Waals surface area contributed by atoms with Crippen molar-refractivity contribution in [2.75, 3.05) is 10.6 Å². The van der Waals surface area contributed by atoms with Crippen molar-refractivity contribution in [3.63, 3.8) is 0 Å². The van der Waals surface area contributed by atoms with Crippen molar-refractivity contribution in [2.45, 2.75) is 37.6 Å². The first-order chi connectivity index (χ1) is 8.58. The maximum Gasteiger partial charge on any atom is 0.226 e. The summed E-state index contributed by atoms with van der Waals surface area (Å²) in [5.41, 5.74) is 0.0701. The number of nitrogens with one attached hydrogen (secondary N) is 2. The van der Waals surface area contributed by atoms with Crippen molar-refractivity contribution in [3.8, 4) is 0 Å². The average Bonchev–Trinajstić information content (AvgIpc) is 2.65. The molecule has 1 aliphatic carbocycles. The molecule has 1 amide bonds. The number of anilines is 2. The van der Waals surface area contributed by atoms with Gasteiger partial charge in [-0.2, -0.15) is 0 Å². The molecular weight excluding hydrogens is 238 g/mol. The third-order valence-corrected chi connectivity index (χ3v) is 3.78. The van der Waals surface area contributed by atoms with Gasteiger partial charge < -0.3 is 10.6 Å². The van der Waals surface area contributed by atoms with Gasteiger partial charge in [0.15, 0.2) is 5.82 Å². The van der Waals surface area contributed by atoms with Gasteiger partial charge in [0.2, 0.25) is 5.91 Å². The fraction of sp³-hybridized carbons (Fsp3) is 0.462. The van der Waals surface area contributed by atoms with Gasteiger partial charge >= 0.3 is 0 Å². The molecule has 5 heteroatoms. The Morgan fingerprint density at radius 1 is 1.17 bits per heavy atom. The molecule has 1 aromatic rings. The van der Waals surface area contributed by atoms with Crippen LogP contribution in [0, 0.1) is 11.6 Å². The molecule has 0 aromatic heterocycles. The van der Waals surface area contributed by atoms with E-state index in [1.165, 1.54) is 6.07 Å². The van der Waals surface area contributed by atoms with E-state index in [2.05, 4.69) is 10.6 Å². The van der Waals surface area contributed by atoms with E-state index in [1.54, 1.807) is 0 Å². The maximum atomic E-state index is 13.7. The van der Waals surface area contributed by atoms with Gasteiger partial charge in [0, 0.05) is 18.0 Å². The van der Waals surface area contributed by atoms with Crippen LogP contribution in [0.1, 0.15) is 32.1 Å². The minimum Gasteiger partial charge on any atom is -0.377 e. The Hall–Kier alpha value is -1.65. The molecule has 1 saturated carbocycles. The van der Waals surface area contributed by atoms with Crippen molar-refractivity contribution in [1.82, 2.24) is 0 Å². The van der Waals surface area contributed by atoms with Gasteiger partial charge in [-0.25, -0.2) is 8.78 Å². The van der Waals surface area contributed by atoms with Gasteiger partial charge in [0.05, 0.1) is 5.69 Å². The molecule has 1 aromatic carbocycles. The van der Waals surface area contributed by atoms with E-state index < -0.39 is 11.6 Å². The summed E-state index contributed by atoms with van der Waals surface area (Å²) in [5, 5.41) is 5.71. The Labute approximate surface area is 104 Å². The molecule has 0 radical (unpaired) electrons. The van der Waals surface area contributed by atoms with Crippen molar-refractivity contribution in [3.05, 3.63) is 23.8 Å². The highest BCUT2D eigenvalue weighted by Crippen LogP contribution is 2.41. The van der Waals surface area contributed by atoms with Crippen LogP contribution >= 0.6 is 0 Å². The summed E-state index contributed by atoms with van der Waals surface area (Å²) in [6.07, 6.45) is 4.10. The van der Waals surface area contributed by atoms with Crippen LogP contribution in [0.3, 0.4) is 0 Å². The SMILES string of the molecule is O=C1CC2(CCCC2)Nc2cc(F)cc(F)c2N1. The van der Waals surface area contributed by atoms with Crippen LogP contribution in [0.4, 0.5) is 20.2 Å². The summed E-state index contributed by atoms with van der Waals surface area (Å²) in [6.45, 7) is 0. The normalized spacial score (nSPS) is 21.1. The average molecular weight is 252 g/mol. The zero-order valence-corrected chi connectivity index (χ0v) is 9.85.